The summed E-state index contributed by atoms with van der Waals surface area (Å²) >= 11 is 1.36. The van der Waals surface area contributed by atoms with E-state index in [0.717, 1.165) is 41.8 Å². The van der Waals surface area contributed by atoms with E-state index < -0.39 is 24.4 Å². The maximum atomic E-state index is 12.3. The summed E-state index contributed by atoms with van der Waals surface area (Å²) in [6.45, 7) is 1.42. The van der Waals surface area contributed by atoms with Crippen LogP contribution in [0.15, 0.2) is 24.4 Å². The second kappa shape index (κ2) is 7.67. The molecule has 3 aromatic rings. The molecule has 1 aliphatic rings. The van der Waals surface area contributed by atoms with Gasteiger partial charge in [0.2, 0.25) is 0 Å². The van der Waals surface area contributed by atoms with E-state index in [-0.39, 0.29) is 5.69 Å². The van der Waals surface area contributed by atoms with Crippen molar-refractivity contribution in [2.75, 3.05) is 11.9 Å². The first kappa shape index (κ1) is 19.1. The number of rotatable bonds is 5. The Balaban J connectivity index is 1.43. The van der Waals surface area contributed by atoms with Gasteiger partial charge < -0.3 is 20.2 Å². The van der Waals surface area contributed by atoms with Crippen LogP contribution in [0.5, 0.6) is 0 Å². The first-order chi connectivity index (χ1) is 13.9. The van der Waals surface area contributed by atoms with Crippen molar-refractivity contribution in [3.8, 4) is 0 Å². The number of carbonyl (C=O) groups is 3. The average molecular weight is 412 g/mol. The molecule has 0 aliphatic heterocycles. The van der Waals surface area contributed by atoms with E-state index in [9.17, 15) is 14.4 Å². The summed E-state index contributed by atoms with van der Waals surface area (Å²) in [5.74, 6) is -1.78. The lowest BCUT2D eigenvalue weighted by Gasteiger charge is -2.11. The van der Waals surface area contributed by atoms with E-state index in [1.165, 1.54) is 11.3 Å². The van der Waals surface area contributed by atoms with E-state index in [0.29, 0.717) is 16.2 Å². The van der Waals surface area contributed by atoms with Crippen LogP contribution in [0.3, 0.4) is 0 Å². The molecule has 2 amide bonds. The number of imidazole rings is 1. The van der Waals surface area contributed by atoms with Crippen molar-refractivity contribution in [3.63, 3.8) is 0 Å². The highest BCUT2D eigenvalue weighted by Crippen LogP contribution is 2.37. The molecule has 3 N–H and O–H groups in total. The molecule has 0 saturated heterocycles. The van der Waals surface area contributed by atoms with Crippen molar-refractivity contribution in [1.29, 1.82) is 0 Å². The number of thiophene rings is 1. The zero-order valence-corrected chi connectivity index (χ0v) is 16.7. The molecule has 0 aromatic carbocycles. The maximum absolute atomic E-state index is 12.3. The first-order valence-electron chi connectivity index (χ1n) is 9.30. The third-order valence-electron chi connectivity index (χ3n) is 4.91. The number of nitrogens with one attached hydrogen (secondary N) is 1. The van der Waals surface area contributed by atoms with Crippen LogP contribution in [0, 0.1) is 6.92 Å². The van der Waals surface area contributed by atoms with Gasteiger partial charge >= 0.3 is 5.97 Å². The Bertz CT molecular complexity index is 1130. The lowest BCUT2D eigenvalue weighted by Crippen LogP contribution is -2.23. The number of aromatic nitrogens is 2. The van der Waals surface area contributed by atoms with Crippen LogP contribution in [0.25, 0.3) is 5.65 Å². The summed E-state index contributed by atoms with van der Waals surface area (Å²) in [6.07, 6.45) is 5.27. The minimum atomic E-state index is -0.691. The topological polar surface area (TPSA) is 116 Å². The van der Waals surface area contributed by atoms with Crippen LogP contribution in [0.4, 0.5) is 5.00 Å². The molecule has 29 heavy (non-hydrogen) atoms. The molecule has 8 nitrogen and oxygen atoms in total. The molecule has 0 spiro atoms. The van der Waals surface area contributed by atoms with Crippen LogP contribution < -0.4 is 11.1 Å². The molecular weight excluding hydrogens is 392 g/mol. The van der Waals surface area contributed by atoms with Gasteiger partial charge in [-0.15, -0.1) is 11.3 Å². The molecule has 0 unspecified atom stereocenters. The van der Waals surface area contributed by atoms with Gasteiger partial charge in [0, 0.05) is 16.8 Å². The maximum Gasteiger partial charge on any atom is 0.359 e. The van der Waals surface area contributed by atoms with Gasteiger partial charge in [-0.25, -0.2) is 9.78 Å². The number of esters is 1. The molecule has 0 radical (unpaired) electrons. The number of nitrogens with two attached hydrogens (primary N) is 1. The summed E-state index contributed by atoms with van der Waals surface area (Å²) in [6, 6.07) is 5.52. The van der Waals surface area contributed by atoms with E-state index >= 15 is 0 Å². The quantitative estimate of drug-likeness (QED) is 0.625. The Hall–Kier alpha value is -3.20. The lowest BCUT2D eigenvalue weighted by atomic mass is 9.95. The fraction of sp³-hybridized carbons (Fsp3) is 0.300. The number of hydrogen-bond donors (Lipinski definition) is 2. The highest BCUT2D eigenvalue weighted by Gasteiger charge is 2.25. The number of pyridine rings is 1. The predicted octanol–water partition coefficient (Wildman–Crippen LogP) is 2.48. The number of fused-ring (bicyclic) bond motifs is 2. The fourth-order valence-corrected chi connectivity index (χ4v) is 4.84. The minimum absolute atomic E-state index is 0.122. The minimum Gasteiger partial charge on any atom is -0.451 e. The Morgan fingerprint density at radius 3 is 2.83 bits per heavy atom. The van der Waals surface area contributed by atoms with Gasteiger partial charge in [0.15, 0.2) is 12.3 Å². The van der Waals surface area contributed by atoms with E-state index in [2.05, 4.69) is 10.3 Å². The van der Waals surface area contributed by atoms with Crippen molar-refractivity contribution >= 4 is 39.8 Å². The third kappa shape index (κ3) is 3.73. The normalized spacial score (nSPS) is 13.1. The number of nitrogens with zero attached hydrogens (tertiary/aromatic N) is 2. The summed E-state index contributed by atoms with van der Waals surface area (Å²) in [5.41, 5.74) is 8.50. The Labute approximate surface area is 170 Å². The second-order valence-corrected chi connectivity index (χ2v) is 8.03. The van der Waals surface area contributed by atoms with E-state index in [4.69, 9.17) is 10.5 Å². The van der Waals surface area contributed by atoms with Gasteiger partial charge in [-0.2, -0.15) is 0 Å². The molecule has 0 fully saturated rings. The van der Waals surface area contributed by atoms with Crippen molar-refractivity contribution in [3.05, 3.63) is 51.8 Å². The van der Waals surface area contributed by atoms with Crippen LogP contribution in [0.2, 0.25) is 0 Å². The fourth-order valence-electron chi connectivity index (χ4n) is 3.53. The van der Waals surface area contributed by atoms with Gasteiger partial charge in [-0.3, -0.25) is 9.59 Å². The van der Waals surface area contributed by atoms with Crippen LogP contribution >= 0.6 is 11.3 Å². The van der Waals surface area contributed by atoms with E-state index in [1.807, 2.05) is 19.1 Å². The van der Waals surface area contributed by atoms with Crippen molar-refractivity contribution in [2.24, 2.45) is 5.73 Å². The van der Waals surface area contributed by atoms with Gasteiger partial charge in [0.25, 0.3) is 11.8 Å². The number of primary amides is 1. The molecule has 3 aromatic heterocycles. The van der Waals surface area contributed by atoms with Crippen molar-refractivity contribution < 1.29 is 19.1 Å². The third-order valence-corrected chi connectivity index (χ3v) is 6.12. The number of ether oxygens (including phenoxy) is 1. The molecule has 1 aliphatic carbocycles. The van der Waals surface area contributed by atoms with Crippen molar-refractivity contribution in [2.45, 2.75) is 32.6 Å². The number of hydrogen-bond acceptors (Lipinski definition) is 6. The predicted molar refractivity (Wildman–Crippen MR) is 108 cm³/mol. The van der Waals surface area contributed by atoms with Gasteiger partial charge in [0.1, 0.15) is 10.6 Å². The zero-order valence-electron chi connectivity index (χ0n) is 15.9. The molecule has 0 saturated carbocycles. The molecule has 0 atom stereocenters. The van der Waals surface area contributed by atoms with Gasteiger partial charge in [-0.1, -0.05) is 6.07 Å². The average Bonchev–Trinajstić information content (AvgIpc) is 3.28. The number of aryl methyl sites for hydroxylation is 2. The summed E-state index contributed by atoms with van der Waals surface area (Å²) in [4.78, 5) is 41.7. The van der Waals surface area contributed by atoms with Crippen LogP contribution in [0.1, 0.15) is 49.8 Å². The molecular formula is C20H20N4O4S. The van der Waals surface area contributed by atoms with Gasteiger partial charge in [0.05, 0.1) is 5.56 Å². The van der Waals surface area contributed by atoms with Gasteiger partial charge in [-0.05, 0) is 50.3 Å². The first-order valence-corrected chi connectivity index (χ1v) is 10.1. The molecule has 9 heteroatoms. The highest BCUT2D eigenvalue weighted by atomic mass is 32.1. The van der Waals surface area contributed by atoms with Crippen molar-refractivity contribution in [1.82, 2.24) is 9.38 Å². The SMILES string of the molecule is Cc1cccc2nc(C(=O)OCC(=O)Nc3sc4c(c3C(N)=O)CCCC4)cn12. The highest BCUT2D eigenvalue weighted by molar-refractivity contribution is 7.17. The summed E-state index contributed by atoms with van der Waals surface area (Å²) in [5, 5.41) is 3.09. The van der Waals surface area contributed by atoms with Crippen LogP contribution in [-0.4, -0.2) is 33.8 Å². The smallest absolute Gasteiger partial charge is 0.359 e. The second-order valence-electron chi connectivity index (χ2n) is 6.93. The molecule has 150 valence electrons. The zero-order chi connectivity index (χ0) is 20.5. The summed E-state index contributed by atoms with van der Waals surface area (Å²) < 4.78 is 6.87. The Morgan fingerprint density at radius 1 is 1.28 bits per heavy atom. The lowest BCUT2D eigenvalue weighted by molar-refractivity contribution is -0.119. The number of anilines is 1. The monoisotopic (exact) mass is 412 g/mol. The Kier molecular flexibility index (Phi) is 5.06. The molecule has 4 rings (SSSR count). The molecule has 0 bridgehead atoms. The molecule has 3 heterocycles. The summed E-state index contributed by atoms with van der Waals surface area (Å²) in [7, 11) is 0. The largest absolute Gasteiger partial charge is 0.451 e. The van der Waals surface area contributed by atoms with E-state index in [1.54, 1.807) is 16.7 Å². The number of amides is 2. The Morgan fingerprint density at radius 2 is 2.07 bits per heavy atom. The standard InChI is InChI=1S/C20H20N4O4S/c1-11-5-4-8-15-22-13(9-24(11)15)20(27)28-10-16(25)23-19-17(18(21)26)12-6-2-3-7-14(12)29-19/h4-5,8-9H,2-3,6-7,10H2,1H3,(H2,21,26)(H,23,25). The van der Waals surface area contributed by atoms with Crippen LogP contribution in [-0.2, 0) is 22.4 Å². The number of carbonyl (C=O) groups excluding carboxylic acids is 3.